The summed E-state index contributed by atoms with van der Waals surface area (Å²) in [6, 6.07) is 9.11. The molecule has 1 saturated carbocycles. The van der Waals surface area contributed by atoms with Gasteiger partial charge in [-0.25, -0.2) is 9.97 Å². The molecule has 3 N–H and O–H groups in total. The minimum absolute atomic E-state index is 0.142. The van der Waals surface area contributed by atoms with Crippen LogP contribution in [0, 0.1) is 6.92 Å². The number of aliphatic hydroxyl groups is 1. The van der Waals surface area contributed by atoms with Gasteiger partial charge in [0.2, 0.25) is 11.9 Å². The SMILES string of the molecule is Cc1cccc(C(CO)NC(=O)CN2Cc3ncc(-c4nc(NC5CCCCC5)ncc4Cl)cc3C2=O)c1. The largest absolute Gasteiger partial charge is 0.394 e. The number of carbonyl (C=O) groups is 2. The maximum atomic E-state index is 13.2. The lowest BCUT2D eigenvalue weighted by Crippen LogP contribution is -2.40. The summed E-state index contributed by atoms with van der Waals surface area (Å²) in [6.45, 7) is 1.79. The highest BCUT2D eigenvalue weighted by Gasteiger charge is 2.31. The van der Waals surface area contributed by atoms with Crippen molar-refractivity contribution in [1.82, 2.24) is 25.2 Å². The number of carbonyl (C=O) groups excluding carboxylic acids is 2. The lowest BCUT2D eigenvalue weighted by Gasteiger charge is -2.22. The summed E-state index contributed by atoms with van der Waals surface area (Å²) in [4.78, 5) is 40.9. The zero-order valence-electron chi connectivity index (χ0n) is 21.3. The van der Waals surface area contributed by atoms with Crippen LogP contribution >= 0.6 is 11.6 Å². The van der Waals surface area contributed by atoms with Crippen LogP contribution in [-0.2, 0) is 11.3 Å². The fourth-order valence-electron chi connectivity index (χ4n) is 5.09. The van der Waals surface area contributed by atoms with Crippen LogP contribution in [0.1, 0.15) is 65.3 Å². The van der Waals surface area contributed by atoms with Gasteiger partial charge in [0.05, 0.1) is 47.4 Å². The second-order valence-corrected chi connectivity index (χ2v) is 10.4. The van der Waals surface area contributed by atoms with Crippen molar-refractivity contribution in [3.63, 3.8) is 0 Å². The van der Waals surface area contributed by atoms with Crippen LogP contribution in [0.4, 0.5) is 5.95 Å². The second-order valence-electron chi connectivity index (χ2n) is 9.97. The third kappa shape index (κ3) is 5.79. The van der Waals surface area contributed by atoms with E-state index in [1.165, 1.54) is 24.2 Å². The average Bonchev–Trinajstić information content (AvgIpc) is 3.23. The Labute approximate surface area is 226 Å². The topological polar surface area (TPSA) is 120 Å². The maximum absolute atomic E-state index is 13.2. The maximum Gasteiger partial charge on any atom is 0.256 e. The van der Waals surface area contributed by atoms with Crippen molar-refractivity contribution in [1.29, 1.82) is 0 Å². The van der Waals surface area contributed by atoms with Crippen molar-refractivity contribution in [3.8, 4) is 11.3 Å². The Balaban J connectivity index is 1.28. The normalized spacial score (nSPS) is 16.3. The molecule has 1 aromatic carbocycles. The van der Waals surface area contributed by atoms with Gasteiger partial charge in [0.15, 0.2) is 0 Å². The molecule has 3 aromatic rings. The van der Waals surface area contributed by atoms with Crippen LogP contribution in [0.25, 0.3) is 11.3 Å². The summed E-state index contributed by atoms with van der Waals surface area (Å²) in [6.07, 6.45) is 9.02. The molecule has 1 aliphatic heterocycles. The number of benzene rings is 1. The summed E-state index contributed by atoms with van der Waals surface area (Å²) < 4.78 is 0. The van der Waals surface area contributed by atoms with Crippen LogP contribution in [0.5, 0.6) is 0 Å². The van der Waals surface area contributed by atoms with E-state index >= 15 is 0 Å². The summed E-state index contributed by atoms with van der Waals surface area (Å²) >= 11 is 6.43. The smallest absolute Gasteiger partial charge is 0.256 e. The number of hydrogen-bond acceptors (Lipinski definition) is 7. The van der Waals surface area contributed by atoms with Gasteiger partial charge in [-0.2, -0.15) is 0 Å². The fourth-order valence-corrected chi connectivity index (χ4v) is 5.29. The summed E-state index contributed by atoms with van der Waals surface area (Å²) in [5.74, 6) is -0.135. The van der Waals surface area contributed by atoms with Gasteiger partial charge in [-0.3, -0.25) is 14.6 Å². The van der Waals surface area contributed by atoms with Crippen LogP contribution in [-0.4, -0.2) is 56.0 Å². The number of anilines is 1. The number of fused-ring (bicyclic) bond motifs is 1. The highest BCUT2D eigenvalue weighted by Crippen LogP contribution is 2.31. The van der Waals surface area contributed by atoms with Gasteiger partial charge >= 0.3 is 0 Å². The molecule has 0 radical (unpaired) electrons. The third-order valence-electron chi connectivity index (χ3n) is 7.08. The van der Waals surface area contributed by atoms with Gasteiger partial charge in [0, 0.05) is 17.8 Å². The van der Waals surface area contributed by atoms with E-state index < -0.39 is 6.04 Å². The number of rotatable bonds is 8. The first-order valence-corrected chi connectivity index (χ1v) is 13.3. The number of hydrogen-bond donors (Lipinski definition) is 3. The van der Waals surface area contributed by atoms with E-state index in [9.17, 15) is 14.7 Å². The summed E-state index contributed by atoms with van der Waals surface area (Å²) in [5.41, 5.74) is 3.97. The van der Waals surface area contributed by atoms with Gasteiger partial charge in [-0.15, -0.1) is 0 Å². The van der Waals surface area contributed by atoms with Crippen molar-refractivity contribution < 1.29 is 14.7 Å². The minimum atomic E-state index is -0.552. The lowest BCUT2D eigenvalue weighted by molar-refractivity contribution is -0.122. The van der Waals surface area contributed by atoms with Crippen molar-refractivity contribution in [2.75, 3.05) is 18.5 Å². The molecular weight excluding hydrogens is 504 g/mol. The number of aromatic nitrogens is 3. The van der Waals surface area contributed by atoms with E-state index in [0.29, 0.717) is 39.5 Å². The Bertz CT molecular complexity index is 1340. The molecule has 1 unspecified atom stereocenters. The molecule has 38 heavy (non-hydrogen) atoms. The number of amides is 2. The van der Waals surface area contributed by atoms with E-state index in [4.69, 9.17) is 11.6 Å². The Morgan fingerprint density at radius 1 is 1.18 bits per heavy atom. The number of nitrogens with zero attached hydrogens (tertiary/aromatic N) is 4. The van der Waals surface area contributed by atoms with E-state index in [0.717, 1.165) is 24.0 Å². The molecule has 10 heteroatoms. The number of pyridine rings is 1. The van der Waals surface area contributed by atoms with Crippen LogP contribution < -0.4 is 10.6 Å². The van der Waals surface area contributed by atoms with E-state index in [1.807, 2.05) is 31.2 Å². The monoisotopic (exact) mass is 534 g/mol. The molecule has 2 aromatic heterocycles. The van der Waals surface area contributed by atoms with Crippen molar-refractivity contribution in [2.45, 2.75) is 57.7 Å². The molecule has 1 aliphatic carbocycles. The molecule has 1 fully saturated rings. The molecule has 198 valence electrons. The van der Waals surface area contributed by atoms with Crippen LogP contribution in [0.3, 0.4) is 0 Å². The summed E-state index contributed by atoms with van der Waals surface area (Å²) in [5, 5.41) is 16.4. The third-order valence-corrected chi connectivity index (χ3v) is 7.36. The van der Waals surface area contributed by atoms with Crippen molar-refractivity contribution in [2.24, 2.45) is 0 Å². The van der Waals surface area contributed by atoms with E-state index in [2.05, 4.69) is 25.6 Å². The van der Waals surface area contributed by atoms with Crippen molar-refractivity contribution in [3.05, 3.63) is 70.1 Å². The predicted octanol–water partition coefficient (Wildman–Crippen LogP) is 4.05. The molecule has 0 saturated heterocycles. The Morgan fingerprint density at radius 2 is 2.00 bits per heavy atom. The quantitative estimate of drug-likeness (QED) is 0.398. The lowest BCUT2D eigenvalue weighted by atomic mass is 9.96. The molecular formula is C28H31ClN6O3. The number of nitrogens with one attached hydrogen (secondary N) is 2. The van der Waals surface area contributed by atoms with Crippen LogP contribution in [0.15, 0.2) is 42.7 Å². The first kappa shape index (κ1) is 26.1. The highest BCUT2D eigenvalue weighted by molar-refractivity contribution is 6.32. The van der Waals surface area contributed by atoms with Gasteiger partial charge in [0.1, 0.15) is 6.54 Å². The number of halogens is 1. The molecule has 3 heterocycles. The molecule has 0 bridgehead atoms. The zero-order chi connectivity index (χ0) is 26.6. The van der Waals surface area contributed by atoms with Gasteiger partial charge in [-0.05, 0) is 31.4 Å². The first-order valence-electron chi connectivity index (χ1n) is 13.0. The summed E-state index contributed by atoms with van der Waals surface area (Å²) in [7, 11) is 0. The molecule has 0 spiro atoms. The predicted molar refractivity (Wildman–Crippen MR) is 145 cm³/mol. The molecule has 1 atom stereocenters. The van der Waals surface area contributed by atoms with E-state index in [-0.39, 0.29) is 31.5 Å². The van der Waals surface area contributed by atoms with Gasteiger partial charge < -0.3 is 20.6 Å². The Morgan fingerprint density at radius 3 is 2.76 bits per heavy atom. The van der Waals surface area contributed by atoms with Gasteiger partial charge in [-0.1, -0.05) is 60.7 Å². The zero-order valence-corrected chi connectivity index (χ0v) is 22.0. The fraction of sp³-hybridized carbons (Fsp3) is 0.393. The molecule has 2 aliphatic rings. The van der Waals surface area contributed by atoms with Crippen molar-refractivity contribution >= 4 is 29.4 Å². The minimum Gasteiger partial charge on any atom is -0.394 e. The first-order chi connectivity index (χ1) is 18.4. The van der Waals surface area contributed by atoms with Gasteiger partial charge in [0.25, 0.3) is 5.91 Å². The average molecular weight is 535 g/mol. The molecule has 2 amide bonds. The Hall–Kier alpha value is -3.56. The highest BCUT2D eigenvalue weighted by atomic mass is 35.5. The Kier molecular flexibility index (Phi) is 7.85. The molecule has 5 rings (SSSR count). The van der Waals surface area contributed by atoms with Crippen LogP contribution in [0.2, 0.25) is 5.02 Å². The van der Waals surface area contributed by atoms with E-state index in [1.54, 1.807) is 18.5 Å². The molecule has 9 nitrogen and oxygen atoms in total. The second kappa shape index (κ2) is 11.4. The number of aliphatic hydroxyl groups excluding tert-OH is 1. The standard InChI is InChI=1S/C28H31ClN6O3/c1-17-6-5-7-18(10-17)24(16-36)33-25(37)15-35-14-23-21(27(35)38)11-19(12-30-23)26-22(29)13-31-28(34-26)32-20-8-3-2-4-9-20/h5-7,10-13,20,24,36H,2-4,8-9,14-16H2,1H3,(H,33,37)(H,31,32,34). The number of aryl methyl sites for hydroxylation is 1.